The van der Waals surface area contributed by atoms with Crippen molar-refractivity contribution < 1.29 is 14.3 Å². The average Bonchev–Trinajstić information content (AvgIpc) is 2.62. The summed E-state index contributed by atoms with van der Waals surface area (Å²) in [5.74, 6) is -0.741. The van der Waals surface area contributed by atoms with Crippen molar-refractivity contribution in [2.45, 2.75) is 52.7 Å². The van der Waals surface area contributed by atoms with Crippen LogP contribution < -0.4 is 5.32 Å². The summed E-state index contributed by atoms with van der Waals surface area (Å²) in [5, 5.41) is 2.92. The van der Waals surface area contributed by atoms with Gasteiger partial charge in [-0.2, -0.15) is 0 Å². The summed E-state index contributed by atoms with van der Waals surface area (Å²) in [6.07, 6.45) is 0.883. The lowest BCUT2D eigenvalue weighted by Crippen LogP contribution is -2.41. The SMILES string of the molecule is Cc1ccc(C)c(C(=O)O[C@@H](C)C(=O)N[C@@H](C)CCc2ccccc2)c1. The minimum Gasteiger partial charge on any atom is -0.449 e. The number of amides is 1. The number of aryl methyl sites for hydroxylation is 3. The predicted octanol–water partition coefficient (Wildman–Crippen LogP) is 3.99. The first-order chi connectivity index (χ1) is 12.4. The normalized spacial score (nSPS) is 12.9. The molecule has 0 fully saturated rings. The van der Waals surface area contributed by atoms with Gasteiger partial charge in [-0.15, -0.1) is 0 Å². The maximum atomic E-state index is 12.3. The van der Waals surface area contributed by atoms with Crippen LogP contribution in [0.2, 0.25) is 0 Å². The molecule has 4 nitrogen and oxygen atoms in total. The maximum Gasteiger partial charge on any atom is 0.339 e. The lowest BCUT2D eigenvalue weighted by Gasteiger charge is -2.18. The van der Waals surface area contributed by atoms with Crippen molar-refractivity contribution >= 4 is 11.9 Å². The van der Waals surface area contributed by atoms with E-state index in [1.54, 1.807) is 13.0 Å². The molecule has 0 aromatic heterocycles. The van der Waals surface area contributed by atoms with Crippen LogP contribution in [0.3, 0.4) is 0 Å². The van der Waals surface area contributed by atoms with Crippen molar-refractivity contribution in [3.05, 3.63) is 70.8 Å². The van der Waals surface area contributed by atoms with Crippen LogP contribution in [0.5, 0.6) is 0 Å². The van der Waals surface area contributed by atoms with Crippen molar-refractivity contribution in [1.29, 1.82) is 0 Å². The Morgan fingerprint density at radius 2 is 1.73 bits per heavy atom. The largest absolute Gasteiger partial charge is 0.449 e. The van der Waals surface area contributed by atoms with Gasteiger partial charge in [0.15, 0.2) is 6.10 Å². The predicted molar refractivity (Wildman–Crippen MR) is 103 cm³/mol. The van der Waals surface area contributed by atoms with Gasteiger partial charge in [-0.05, 0) is 57.7 Å². The summed E-state index contributed by atoms with van der Waals surface area (Å²) in [7, 11) is 0. The van der Waals surface area contributed by atoms with Crippen LogP contribution in [0.25, 0.3) is 0 Å². The number of ether oxygens (including phenoxy) is 1. The van der Waals surface area contributed by atoms with Gasteiger partial charge in [0.25, 0.3) is 5.91 Å². The first-order valence-corrected chi connectivity index (χ1v) is 8.99. The first kappa shape index (κ1) is 19.7. The monoisotopic (exact) mass is 353 g/mol. The van der Waals surface area contributed by atoms with E-state index in [1.165, 1.54) is 5.56 Å². The van der Waals surface area contributed by atoms with Crippen LogP contribution in [0, 0.1) is 13.8 Å². The Morgan fingerprint density at radius 1 is 1.04 bits per heavy atom. The second kappa shape index (κ2) is 9.18. The Balaban J connectivity index is 1.84. The number of hydrogen-bond acceptors (Lipinski definition) is 3. The third-order valence-electron chi connectivity index (χ3n) is 4.36. The summed E-state index contributed by atoms with van der Waals surface area (Å²) < 4.78 is 5.35. The molecular weight excluding hydrogens is 326 g/mol. The molecule has 0 heterocycles. The fourth-order valence-corrected chi connectivity index (χ4v) is 2.69. The van der Waals surface area contributed by atoms with Gasteiger partial charge in [-0.1, -0.05) is 48.0 Å². The highest BCUT2D eigenvalue weighted by molar-refractivity contribution is 5.93. The Labute approximate surface area is 155 Å². The lowest BCUT2D eigenvalue weighted by atomic mass is 10.1. The number of carbonyl (C=O) groups is 2. The van der Waals surface area contributed by atoms with Gasteiger partial charge in [-0.3, -0.25) is 4.79 Å². The van der Waals surface area contributed by atoms with Crippen LogP contribution in [0.4, 0.5) is 0 Å². The molecule has 2 atom stereocenters. The molecule has 0 aliphatic heterocycles. The summed E-state index contributed by atoms with van der Waals surface area (Å²) in [4.78, 5) is 24.6. The molecule has 2 aromatic carbocycles. The van der Waals surface area contributed by atoms with Crippen molar-refractivity contribution in [3.63, 3.8) is 0 Å². The second-order valence-electron chi connectivity index (χ2n) is 6.80. The highest BCUT2D eigenvalue weighted by Gasteiger charge is 2.21. The first-order valence-electron chi connectivity index (χ1n) is 8.99. The Morgan fingerprint density at radius 3 is 2.42 bits per heavy atom. The Kier molecular flexibility index (Phi) is 6.96. The summed E-state index contributed by atoms with van der Waals surface area (Å²) in [6, 6.07) is 15.8. The molecular formula is C22H27NO3. The molecule has 0 aliphatic rings. The van der Waals surface area contributed by atoms with Crippen molar-refractivity contribution in [1.82, 2.24) is 5.32 Å². The number of hydrogen-bond donors (Lipinski definition) is 1. The van der Waals surface area contributed by atoms with Crippen molar-refractivity contribution in [2.75, 3.05) is 0 Å². The molecule has 0 radical (unpaired) electrons. The van der Waals surface area contributed by atoms with Gasteiger partial charge in [-0.25, -0.2) is 4.79 Å². The third-order valence-corrected chi connectivity index (χ3v) is 4.36. The van der Waals surface area contributed by atoms with E-state index in [0.717, 1.165) is 24.0 Å². The molecule has 0 unspecified atom stereocenters. The molecule has 0 aliphatic carbocycles. The molecule has 2 aromatic rings. The molecule has 0 spiro atoms. The molecule has 4 heteroatoms. The standard InChI is InChI=1S/C22H27NO3/c1-15-10-11-16(2)20(14-15)22(25)26-18(4)21(24)23-17(3)12-13-19-8-6-5-7-9-19/h5-11,14,17-18H,12-13H2,1-4H3,(H,23,24)/t17-,18-/m0/s1. The van der Waals surface area contributed by atoms with Crippen LogP contribution in [-0.2, 0) is 16.0 Å². The van der Waals surface area contributed by atoms with Gasteiger partial charge in [0, 0.05) is 6.04 Å². The average molecular weight is 353 g/mol. The highest BCUT2D eigenvalue weighted by atomic mass is 16.5. The molecule has 0 bridgehead atoms. The second-order valence-corrected chi connectivity index (χ2v) is 6.80. The van der Waals surface area contributed by atoms with E-state index in [-0.39, 0.29) is 11.9 Å². The zero-order chi connectivity index (χ0) is 19.1. The fraction of sp³-hybridized carbons (Fsp3) is 0.364. The molecule has 26 heavy (non-hydrogen) atoms. The van der Waals surface area contributed by atoms with E-state index in [4.69, 9.17) is 4.74 Å². The van der Waals surface area contributed by atoms with E-state index in [2.05, 4.69) is 17.4 Å². The molecule has 0 saturated carbocycles. The van der Waals surface area contributed by atoms with E-state index in [9.17, 15) is 9.59 Å². The summed E-state index contributed by atoms with van der Waals surface area (Å²) in [6.45, 7) is 7.33. The molecule has 2 rings (SSSR count). The third kappa shape index (κ3) is 5.73. The van der Waals surface area contributed by atoms with Crippen LogP contribution in [0.1, 0.15) is 47.3 Å². The van der Waals surface area contributed by atoms with E-state index >= 15 is 0 Å². The van der Waals surface area contributed by atoms with E-state index in [1.807, 2.05) is 51.1 Å². The minimum atomic E-state index is -0.832. The fourth-order valence-electron chi connectivity index (χ4n) is 2.69. The number of carbonyl (C=O) groups excluding carboxylic acids is 2. The number of benzene rings is 2. The highest BCUT2D eigenvalue weighted by Crippen LogP contribution is 2.13. The van der Waals surface area contributed by atoms with Crippen LogP contribution in [-0.4, -0.2) is 24.0 Å². The van der Waals surface area contributed by atoms with Crippen LogP contribution >= 0.6 is 0 Å². The number of nitrogens with one attached hydrogen (secondary N) is 1. The molecule has 1 N–H and O–H groups in total. The van der Waals surface area contributed by atoms with Crippen LogP contribution in [0.15, 0.2) is 48.5 Å². The van der Waals surface area contributed by atoms with Crippen molar-refractivity contribution in [2.24, 2.45) is 0 Å². The molecule has 1 amide bonds. The lowest BCUT2D eigenvalue weighted by molar-refractivity contribution is -0.129. The quantitative estimate of drug-likeness (QED) is 0.766. The topological polar surface area (TPSA) is 55.4 Å². The van der Waals surface area contributed by atoms with E-state index < -0.39 is 12.1 Å². The number of rotatable bonds is 7. The Bertz CT molecular complexity index is 755. The maximum absolute atomic E-state index is 12.3. The smallest absolute Gasteiger partial charge is 0.339 e. The zero-order valence-electron chi connectivity index (χ0n) is 15.9. The zero-order valence-corrected chi connectivity index (χ0v) is 15.9. The van der Waals surface area contributed by atoms with Gasteiger partial charge in [0.1, 0.15) is 0 Å². The molecule has 138 valence electrons. The number of esters is 1. The minimum absolute atomic E-state index is 0.00423. The van der Waals surface area contributed by atoms with Crippen molar-refractivity contribution in [3.8, 4) is 0 Å². The van der Waals surface area contributed by atoms with E-state index in [0.29, 0.717) is 5.56 Å². The van der Waals surface area contributed by atoms with Gasteiger partial charge >= 0.3 is 5.97 Å². The summed E-state index contributed by atoms with van der Waals surface area (Å²) >= 11 is 0. The van der Waals surface area contributed by atoms with Gasteiger partial charge in [0.05, 0.1) is 5.56 Å². The van der Waals surface area contributed by atoms with Gasteiger partial charge in [0.2, 0.25) is 0 Å². The molecule has 0 saturated heterocycles. The summed E-state index contributed by atoms with van der Waals surface area (Å²) in [5.41, 5.74) is 3.56. The Hall–Kier alpha value is -2.62. The van der Waals surface area contributed by atoms with Gasteiger partial charge < -0.3 is 10.1 Å².